The molecule has 0 saturated heterocycles. The van der Waals surface area contributed by atoms with Crippen molar-refractivity contribution in [2.45, 2.75) is 32.7 Å². The molecule has 0 unspecified atom stereocenters. The molecular formula is C18H20O2. The number of hydrogen-bond acceptors (Lipinski definition) is 2. The molecule has 3 rings (SSSR count). The number of ether oxygens (including phenoxy) is 2. The first-order valence-corrected chi connectivity index (χ1v) is 7.17. The molecule has 0 amide bonds. The molecule has 0 aliphatic carbocycles. The van der Waals surface area contributed by atoms with E-state index in [0.29, 0.717) is 12.5 Å². The lowest BCUT2D eigenvalue weighted by Crippen LogP contribution is -2.33. The van der Waals surface area contributed by atoms with E-state index in [9.17, 15) is 0 Å². The Labute approximate surface area is 120 Å². The molecule has 104 valence electrons. The van der Waals surface area contributed by atoms with Crippen molar-refractivity contribution >= 4 is 0 Å². The second-order valence-corrected chi connectivity index (χ2v) is 5.44. The summed E-state index contributed by atoms with van der Waals surface area (Å²) in [5.41, 5.74) is 2.37. The molecule has 2 aromatic rings. The van der Waals surface area contributed by atoms with Gasteiger partial charge in [-0.2, -0.15) is 0 Å². The highest BCUT2D eigenvalue weighted by molar-refractivity contribution is 5.37. The van der Waals surface area contributed by atoms with Gasteiger partial charge in [0.05, 0.1) is 12.7 Å². The molecule has 0 bridgehead atoms. The Hall–Kier alpha value is -1.80. The lowest BCUT2D eigenvalue weighted by molar-refractivity contribution is -0.0463. The lowest BCUT2D eigenvalue weighted by Gasteiger charge is -2.36. The zero-order chi connectivity index (χ0) is 13.9. The van der Waals surface area contributed by atoms with Crippen molar-refractivity contribution < 1.29 is 9.47 Å². The number of rotatable bonds is 3. The molecular weight excluding hydrogens is 248 g/mol. The van der Waals surface area contributed by atoms with Crippen LogP contribution in [0.15, 0.2) is 54.6 Å². The van der Waals surface area contributed by atoms with Crippen molar-refractivity contribution in [1.29, 1.82) is 0 Å². The third-order valence-electron chi connectivity index (χ3n) is 4.03. The molecule has 0 aromatic heterocycles. The molecule has 1 aliphatic heterocycles. The topological polar surface area (TPSA) is 18.5 Å². The molecule has 1 aliphatic rings. The summed E-state index contributed by atoms with van der Waals surface area (Å²) in [4.78, 5) is 0. The Balaban J connectivity index is 1.81. The summed E-state index contributed by atoms with van der Waals surface area (Å²) in [5, 5.41) is 0. The second-order valence-electron chi connectivity index (χ2n) is 5.44. The smallest absolute Gasteiger partial charge is 0.125 e. The predicted molar refractivity (Wildman–Crippen MR) is 79.7 cm³/mol. The summed E-state index contributed by atoms with van der Waals surface area (Å²) in [6.45, 7) is 4.94. The first kappa shape index (κ1) is 13.2. The van der Waals surface area contributed by atoms with Crippen molar-refractivity contribution in [3.8, 4) is 5.75 Å². The number of hydrogen-bond donors (Lipinski definition) is 0. The summed E-state index contributed by atoms with van der Waals surface area (Å²) >= 11 is 0. The highest BCUT2D eigenvalue weighted by Gasteiger charge is 2.33. The van der Waals surface area contributed by atoms with Gasteiger partial charge in [0.2, 0.25) is 0 Å². The van der Waals surface area contributed by atoms with Gasteiger partial charge in [-0.1, -0.05) is 55.5 Å². The van der Waals surface area contributed by atoms with Crippen molar-refractivity contribution in [2.24, 2.45) is 5.92 Å². The van der Waals surface area contributed by atoms with Crippen LogP contribution in [0.5, 0.6) is 5.75 Å². The molecule has 2 nitrogen and oxygen atoms in total. The van der Waals surface area contributed by atoms with Crippen LogP contribution < -0.4 is 4.74 Å². The van der Waals surface area contributed by atoms with Crippen molar-refractivity contribution in [2.75, 3.05) is 0 Å². The van der Waals surface area contributed by atoms with Crippen LogP contribution in [0.25, 0.3) is 0 Å². The fraction of sp³-hybridized carbons (Fsp3) is 0.333. The van der Waals surface area contributed by atoms with Crippen LogP contribution >= 0.6 is 0 Å². The van der Waals surface area contributed by atoms with E-state index in [1.807, 2.05) is 36.4 Å². The minimum atomic E-state index is 0.0927. The maximum atomic E-state index is 6.20. The molecule has 0 saturated carbocycles. The van der Waals surface area contributed by atoms with Crippen LogP contribution in [-0.4, -0.2) is 6.10 Å². The average molecular weight is 268 g/mol. The van der Waals surface area contributed by atoms with Gasteiger partial charge in [0, 0.05) is 11.5 Å². The first-order valence-electron chi connectivity index (χ1n) is 7.17. The van der Waals surface area contributed by atoms with Crippen LogP contribution in [0.1, 0.15) is 31.1 Å². The third kappa shape index (κ3) is 2.56. The van der Waals surface area contributed by atoms with Gasteiger partial charge in [0.15, 0.2) is 0 Å². The normalized spacial score (nSPS) is 24.8. The van der Waals surface area contributed by atoms with Crippen LogP contribution in [-0.2, 0) is 11.3 Å². The van der Waals surface area contributed by atoms with Gasteiger partial charge in [0.1, 0.15) is 11.9 Å². The summed E-state index contributed by atoms with van der Waals surface area (Å²) < 4.78 is 12.1. The molecule has 0 N–H and O–H groups in total. The SMILES string of the molecule is C[C@@H]1[C@@H](C)Oc2ccccc2[C@@H]1OCc1ccccc1. The standard InChI is InChI=1S/C18H20O2/c1-13-14(2)20-17-11-7-6-10-16(17)18(13)19-12-15-8-4-3-5-9-15/h3-11,13-14,18H,12H2,1-2H3/t13-,14-,18-/m1/s1. The number of para-hydroxylation sites is 1. The van der Waals surface area contributed by atoms with Crippen LogP contribution in [0.2, 0.25) is 0 Å². The van der Waals surface area contributed by atoms with E-state index in [1.165, 1.54) is 5.56 Å². The summed E-state index contributed by atoms with van der Waals surface area (Å²) in [6.07, 6.45) is 0.265. The van der Waals surface area contributed by atoms with Gasteiger partial charge in [-0.05, 0) is 18.6 Å². The van der Waals surface area contributed by atoms with E-state index >= 15 is 0 Å². The monoisotopic (exact) mass is 268 g/mol. The summed E-state index contributed by atoms with van der Waals surface area (Å²) in [5.74, 6) is 1.30. The second kappa shape index (κ2) is 5.68. The van der Waals surface area contributed by atoms with Gasteiger partial charge < -0.3 is 9.47 Å². The van der Waals surface area contributed by atoms with Crippen molar-refractivity contribution in [3.63, 3.8) is 0 Å². The Morgan fingerprint density at radius 3 is 2.45 bits per heavy atom. The molecule has 2 heteroatoms. The van der Waals surface area contributed by atoms with Gasteiger partial charge in [0.25, 0.3) is 0 Å². The molecule has 0 fully saturated rings. The Kier molecular flexibility index (Phi) is 3.75. The van der Waals surface area contributed by atoms with E-state index in [-0.39, 0.29) is 12.2 Å². The highest BCUT2D eigenvalue weighted by Crippen LogP contribution is 2.40. The fourth-order valence-electron chi connectivity index (χ4n) is 2.66. The molecule has 1 heterocycles. The first-order chi connectivity index (χ1) is 9.75. The maximum Gasteiger partial charge on any atom is 0.125 e. The molecule has 3 atom stereocenters. The zero-order valence-corrected chi connectivity index (χ0v) is 12.0. The summed E-state index contributed by atoms with van der Waals surface area (Å²) in [7, 11) is 0. The highest BCUT2D eigenvalue weighted by atomic mass is 16.5. The number of benzene rings is 2. The quantitative estimate of drug-likeness (QED) is 0.823. The average Bonchev–Trinajstić information content (AvgIpc) is 2.49. The predicted octanol–water partition coefficient (Wildman–Crippen LogP) is 4.36. The maximum absolute atomic E-state index is 6.20. The van der Waals surface area contributed by atoms with Gasteiger partial charge in [-0.25, -0.2) is 0 Å². The summed E-state index contributed by atoms with van der Waals surface area (Å²) in [6, 6.07) is 18.5. The molecule has 0 spiro atoms. The van der Waals surface area contributed by atoms with Crippen LogP contribution in [0, 0.1) is 5.92 Å². The molecule has 20 heavy (non-hydrogen) atoms. The van der Waals surface area contributed by atoms with Crippen molar-refractivity contribution in [3.05, 3.63) is 65.7 Å². The van der Waals surface area contributed by atoms with Gasteiger partial charge in [-0.3, -0.25) is 0 Å². The van der Waals surface area contributed by atoms with Crippen LogP contribution in [0.4, 0.5) is 0 Å². The largest absolute Gasteiger partial charge is 0.490 e. The van der Waals surface area contributed by atoms with Gasteiger partial charge >= 0.3 is 0 Å². The van der Waals surface area contributed by atoms with Crippen LogP contribution in [0.3, 0.4) is 0 Å². The van der Waals surface area contributed by atoms with Gasteiger partial charge in [-0.15, -0.1) is 0 Å². The van der Waals surface area contributed by atoms with E-state index in [2.05, 4.69) is 32.0 Å². The molecule has 2 aromatic carbocycles. The Morgan fingerprint density at radius 2 is 1.65 bits per heavy atom. The van der Waals surface area contributed by atoms with Crippen molar-refractivity contribution in [1.82, 2.24) is 0 Å². The Bertz CT molecular complexity index is 565. The lowest BCUT2D eigenvalue weighted by atomic mass is 9.89. The Morgan fingerprint density at radius 1 is 0.950 bits per heavy atom. The minimum absolute atomic E-state index is 0.0927. The van der Waals surface area contributed by atoms with E-state index < -0.39 is 0 Å². The minimum Gasteiger partial charge on any atom is -0.490 e. The number of fused-ring (bicyclic) bond motifs is 1. The van der Waals surface area contributed by atoms with E-state index in [0.717, 1.165) is 11.3 Å². The van der Waals surface area contributed by atoms with E-state index in [4.69, 9.17) is 9.47 Å². The third-order valence-corrected chi connectivity index (χ3v) is 4.03. The van der Waals surface area contributed by atoms with E-state index in [1.54, 1.807) is 0 Å². The zero-order valence-electron chi connectivity index (χ0n) is 12.0. The fourth-order valence-corrected chi connectivity index (χ4v) is 2.66. The molecule has 0 radical (unpaired) electrons.